The van der Waals surface area contributed by atoms with Crippen molar-refractivity contribution in [3.8, 4) is 11.4 Å². The maximum Gasteiger partial charge on any atom is 0.0893 e. The molecule has 0 atom stereocenters. The van der Waals surface area contributed by atoms with Crippen LogP contribution in [0.4, 0.5) is 0 Å². The average molecular weight is 329 g/mol. The van der Waals surface area contributed by atoms with Crippen LogP contribution < -0.4 is 0 Å². The first-order valence-electron chi connectivity index (χ1n) is 7.69. The molecule has 0 saturated heterocycles. The van der Waals surface area contributed by atoms with Gasteiger partial charge in [0, 0.05) is 39.3 Å². The summed E-state index contributed by atoms with van der Waals surface area (Å²) in [5.74, 6) is 0. The summed E-state index contributed by atoms with van der Waals surface area (Å²) in [5.41, 5.74) is 3.77. The molecule has 3 heterocycles. The van der Waals surface area contributed by atoms with Gasteiger partial charge >= 0.3 is 0 Å². The molecule has 1 aliphatic heterocycles. The number of fused-ring (bicyclic) bond motifs is 2. The van der Waals surface area contributed by atoms with Crippen molar-refractivity contribution >= 4 is 28.2 Å². The molecule has 3 aromatic rings. The second-order valence-electron chi connectivity index (χ2n) is 5.40. The number of aliphatic imine (C=N–C) groups is 1. The molecule has 0 aliphatic carbocycles. The van der Waals surface area contributed by atoms with Crippen molar-refractivity contribution in [1.29, 1.82) is 0 Å². The summed E-state index contributed by atoms with van der Waals surface area (Å²) in [4.78, 5) is 15.9. The molecule has 0 saturated carbocycles. The van der Waals surface area contributed by atoms with Crippen molar-refractivity contribution in [2.45, 2.75) is 11.8 Å². The van der Waals surface area contributed by atoms with Crippen molar-refractivity contribution in [3.05, 3.63) is 78.1 Å². The molecular formula is C20H15N3S. The summed E-state index contributed by atoms with van der Waals surface area (Å²) in [6.07, 6.45) is 7.45. The van der Waals surface area contributed by atoms with E-state index in [0.717, 1.165) is 43.2 Å². The highest BCUT2D eigenvalue weighted by molar-refractivity contribution is 8.04. The number of benzene rings is 1. The molecule has 3 nitrogen and oxygen atoms in total. The van der Waals surface area contributed by atoms with Gasteiger partial charge < -0.3 is 0 Å². The van der Waals surface area contributed by atoms with Crippen molar-refractivity contribution in [1.82, 2.24) is 9.97 Å². The number of hydrogen-bond donors (Lipinski definition) is 0. The molecule has 1 aromatic carbocycles. The van der Waals surface area contributed by atoms with Gasteiger partial charge in [-0.3, -0.25) is 15.0 Å². The first kappa shape index (κ1) is 14.8. The predicted octanol–water partition coefficient (Wildman–Crippen LogP) is 5.24. The highest BCUT2D eigenvalue weighted by Gasteiger charge is 2.24. The van der Waals surface area contributed by atoms with Crippen LogP contribution in [-0.2, 0) is 0 Å². The van der Waals surface area contributed by atoms with Gasteiger partial charge in [-0.05, 0) is 24.4 Å². The van der Waals surface area contributed by atoms with E-state index < -0.39 is 0 Å². The summed E-state index contributed by atoms with van der Waals surface area (Å²) in [7, 11) is 0. The van der Waals surface area contributed by atoms with Gasteiger partial charge in [0.25, 0.3) is 0 Å². The van der Waals surface area contributed by atoms with Crippen molar-refractivity contribution in [2.24, 2.45) is 4.99 Å². The van der Waals surface area contributed by atoms with Crippen LogP contribution in [0.25, 0.3) is 22.2 Å². The predicted molar refractivity (Wildman–Crippen MR) is 101 cm³/mol. The van der Waals surface area contributed by atoms with E-state index in [1.54, 1.807) is 18.0 Å². The minimum Gasteiger partial charge on any atom is -0.256 e. The monoisotopic (exact) mass is 329 g/mol. The lowest BCUT2D eigenvalue weighted by molar-refractivity contribution is 1.20. The fourth-order valence-corrected chi connectivity index (χ4v) is 3.78. The van der Waals surface area contributed by atoms with Gasteiger partial charge in [-0.25, -0.2) is 0 Å². The lowest BCUT2D eigenvalue weighted by Crippen LogP contribution is -1.98. The minimum absolute atomic E-state index is 0.856. The Morgan fingerprint density at radius 3 is 2.58 bits per heavy atom. The SMILES string of the molecule is C=C/N=C1\C(=C/C)Sc2cnc(-c3cc4ccccc4cn3)cc21. The molecule has 0 radical (unpaired) electrons. The second kappa shape index (κ2) is 6.06. The van der Waals surface area contributed by atoms with Crippen LogP contribution in [0, 0.1) is 0 Å². The third kappa shape index (κ3) is 2.45. The van der Waals surface area contributed by atoms with E-state index in [1.165, 1.54) is 0 Å². The van der Waals surface area contributed by atoms with E-state index in [0.29, 0.717) is 0 Å². The summed E-state index contributed by atoms with van der Waals surface area (Å²) < 4.78 is 0. The zero-order chi connectivity index (χ0) is 16.5. The molecule has 4 heteroatoms. The van der Waals surface area contributed by atoms with Gasteiger partial charge in [0.2, 0.25) is 0 Å². The van der Waals surface area contributed by atoms with Gasteiger partial charge in [0.05, 0.1) is 17.1 Å². The smallest absolute Gasteiger partial charge is 0.0893 e. The Labute approximate surface area is 144 Å². The number of rotatable bonds is 2. The zero-order valence-electron chi connectivity index (χ0n) is 13.2. The maximum atomic E-state index is 4.60. The van der Waals surface area contributed by atoms with Crippen LogP contribution in [0.15, 0.2) is 82.4 Å². The summed E-state index contributed by atoms with van der Waals surface area (Å²) in [6, 6.07) is 12.3. The quantitative estimate of drug-likeness (QED) is 0.645. The van der Waals surface area contributed by atoms with Crippen LogP contribution in [0.2, 0.25) is 0 Å². The first-order valence-corrected chi connectivity index (χ1v) is 8.50. The van der Waals surface area contributed by atoms with Gasteiger partial charge in [0.15, 0.2) is 0 Å². The van der Waals surface area contributed by atoms with E-state index in [9.17, 15) is 0 Å². The normalized spacial score (nSPS) is 16.7. The molecule has 24 heavy (non-hydrogen) atoms. The number of aromatic nitrogens is 2. The van der Waals surface area contributed by atoms with Gasteiger partial charge in [-0.15, -0.1) is 0 Å². The third-order valence-electron chi connectivity index (χ3n) is 3.95. The average Bonchev–Trinajstić information content (AvgIpc) is 2.99. The summed E-state index contributed by atoms with van der Waals surface area (Å²) in [6.45, 7) is 5.75. The molecule has 0 amide bonds. The zero-order valence-corrected chi connectivity index (χ0v) is 14.0. The highest BCUT2D eigenvalue weighted by Crippen LogP contribution is 2.41. The van der Waals surface area contributed by atoms with E-state index in [4.69, 9.17) is 0 Å². The first-order chi connectivity index (χ1) is 11.8. The standard InChI is InChI=1S/C20H15N3S/c1-3-18-20(21-4-2)15-10-17(23-12-19(15)24-18)16-9-13-7-5-6-8-14(13)11-22-16/h3-12H,2H2,1H3/b18-3+,21-20-. The van der Waals surface area contributed by atoms with Gasteiger partial charge in [0.1, 0.15) is 0 Å². The van der Waals surface area contributed by atoms with E-state index >= 15 is 0 Å². The van der Waals surface area contributed by atoms with Crippen LogP contribution in [-0.4, -0.2) is 15.7 Å². The van der Waals surface area contributed by atoms with Crippen molar-refractivity contribution in [2.75, 3.05) is 0 Å². The Bertz CT molecular complexity index is 1020. The summed E-state index contributed by atoms with van der Waals surface area (Å²) >= 11 is 1.69. The molecule has 0 N–H and O–H groups in total. The molecule has 0 fully saturated rings. The lowest BCUT2D eigenvalue weighted by Gasteiger charge is -2.05. The molecule has 4 rings (SSSR count). The molecule has 116 valence electrons. The highest BCUT2D eigenvalue weighted by atomic mass is 32.2. The Hall–Kier alpha value is -2.72. The Kier molecular flexibility index (Phi) is 3.75. The van der Waals surface area contributed by atoms with Crippen LogP contribution in [0.3, 0.4) is 0 Å². The fraction of sp³-hybridized carbons (Fsp3) is 0.0500. The maximum absolute atomic E-state index is 4.60. The Morgan fingerprint density at radius 1 is 1.04 bits per heavy atom. The Morgan fingerprint density at radius 2 is 1.79 bits per heavy atom. The largest absolute Gasteiger partial charge is 0.256 e. The Balaban J connectivity index is 1.85. The lowest BCUT2D eigenvalue weighted by atomic mass is 10.1. The summed E-state index contributed by atoms with van der Waals surface area (Å²) in [5, 5.41) is 2.29. The number of thioether (sulfide) groups is 1. The number of nitrogens with zero attached hydrogens (tertiary/aromatic N) is 3. The minimum atomic E-state index is 0.856. The topological polar surface area (TPSA) is 38.1 Å². The molecular weight excluding hydrogens is 314 g/mol. The van der Waals surface area contributed by atoms with Crippen LogP contribution in [0.5, 0.6) is 0 Å². The second-order valence-corrected chi connectivity index (χ2v) is 6.48. The molecule has 1 aliphatic rings. The van der Waals surface area contributed by atoms with E-state index in [-0.39, 0.29) is 0 Å². The number of hydrogen-bond acceptors (Lipinski definition) is 4. The van der Waals surface area contributed by atoms with Crippen LogP contribution >= 0.6 is 11.8 Å². The fourth-order valence-electron chi connectivity index (χ4n) is 2.79. The third-order valence-corrected chi connectivity index (χ3v) is 5.15. The van der Waals surface area contributed by atoms with Gasteiger partial charge in [-0.1, -0.05) is 48.7 Å². The van der Waals surface area contributed by atoms with Crippen LogP contribution in [0.1, 0.15) is 12.5 Å². The number of allylic oxidation sites excluding steroid dienone is 2. The van der Waals surface area contributed by atoms with Crippen molar-refractivity contribution in [3.63, 3.8) is 0 Å². The van der Waals surface area contributed by atoms with Gasteiger partial charge in [-0.2, -0.15) is 0 Å². The van der Waals surface area contributed by atoms with E-state index in [1.807, 2.05) is 31.5 Å². The molecule has 0 bridgehead atoms. The van der Waals surface area contributed by atoms with E-state index in [2.05, 4.69) is 51.9 Å². The molecule has 0 spiro atoms. The number of pyridine rings is 2. The molecule has 0 unspecified atom stereocenters. The molecule has 2 aromatic heterocycles. The van der Waals surface area contributed by atoms with Crippen molar-refractivity contribution < 1.29 is 0 Å².